The van der Waals surface area contributed by atoms with Crippen LogP contribution < -0.4 is 0 Å². The Morgan fingerprint density at radius 2 is 2.08 bits per heavy atom. The molecule has 1 aromatic rings. The molecule has 0 saturated carbocycles. The molecule has 0 aliphatic carbocycles. The van der Waals surface area contributed by atoms with E-state index in [0.717, 1.165) is 5.56 Å². The number of aliphatic hydroxyl groups excluding tert-OH is 1. The van der Waals surface area contributed by atoms with Gasteiger partial charge in [-0.3, -0.25) is 4.79 Å². The lowest BCUT2D eigenvalue weighted by Crippen LogP contribution is -2.46. The third kappa shape index (κ3) is 1.31. The summed E-state index contributed by atoms with van der Waals surface area (Å²) in [5, 5.41) is 8.89. The predicted molar refractivity (Wildman–Crippen MR) is 47.7 cm³/mol. The molecule has 0 bridgehead atoms. The van der Waals surface area contributed by atoms with E-state index in [1.807, 2.05) is 30.3 Å². The molecular formula is C10H11NO2. The number of β-lactam (4-membered cyclic amide) rings is 1. The average molecular weight is 177 g/mol. The summed E-state index contributed by atoms with van der Waals surface area (Å²) in [6, 6.07) is 9.84. The summed E-state index contributed by atoms with van der Waals surface area (Å²) in [7, 11) is 0. The van der Waals surface area contributed by atoms with Crippen molar-refractivity contribution < 1.29 is 9.90 Å². The first kappa shape index (κ1) is 8.26. The third-order valence-electron chi connectivity index (χ3n) is 2.40. The Kier molecular flexibility index (Phi) is 2.02. The number of amides is 1. The van der Waals surface area contributed by atoms with Gasteiger partial charge in [-0.1, -0.05) is 30.3 Å². The van der Waals surface area contributed by atoms with Crippen molar-refractivity contribution in [1.29, 1.82) is 0 Å². The van der Waals surface area contributed by atoms with Gasteiger partial charge in [0, 0.05) is 0 Å². The quantitative estimate of drug-likeness (QED) is 0.682. The summed E-state index contributed by atoms with van der Waals surface area (Å²) in [6.07, 6.45) is 0.518. The van der Waals surface area contributed by atoms with Crippen LogP contribution in [-0.4, -0.2) is 22.6 Å². The zero-order valence-electron chi connectivity index (χ0n) is 7.18. The fourth-order valence-electron chi connectivity index (χ4n) is 1.60. The molecule has 3 nitrogen and oxygen atoms in total. The van der Waals surface area contributed by atoms with E-state index in [4.69, 9.17) is 5.11 Å². The van der Waals surface area contributed by atoms with E-state index >= 15 is 0 Å². The van der Waals surface area contributed by atoms with Gasteiger partial charge in [0.15, 0.2) is 0 Å². The summed E-state index contributed by atoms with van der Waals surface area (Å²) in [4.78, 5) is 12.5. The standard InChI is InChI=1S/C10H11NO2/c12-7-11-9(6-10(11)13)8-4-2-1-3-5-8/h1-5,9,12H,6-7H2. The number of hydrogen-bond donors (Lipinski definition) is 1. The molecule has 13 heavy (non-hydrogen) atoms. The van der Waals surface area contributed by atoms with Crippen LogP contribution in [0.4, 0.5) is 0 Å². The van der Waals surface area contributed by atoms with E-state index < -0.39 is 0 Å². The van der Waals surface area contributed by atoms with E-state index in [1.165, 1.54) is 4.90 Å². The zero-order chi connectivity index (χ0) is 9.26. The number of likely N-dealkylation sites (tertiary alicyclic amines) is 1. The Morgan fingerprint density at radius 3 is 2.62 bits per heavy atom. The van der Waals surface area contributed by atoms with E-state index in [0.29, 0.717) is 6.42 Å². The zero-order valence-corrected chi connectivity index (χ0v) is 7.18. The minimum atomic E-state index is -0.182. The highest BCUT2D eigenvalue weighted by Gasteiger charge is 2.36. The van der Waals surface area contributed by atoms with Crippen molar-refractivity contribution >= 4 is 5.91 Å². The van der Waals surface area contributed by atoms with Crippen molar-refractivity contribution in [2.75, 3.05) is 6.73 Å². The SMILES string of the molecule is O=C1CC(c2ccccc2)N1CO. The number of hydrogen-bond acceptors (Lipinski definition) is 2. The Balaban J connectivity index is 2.16. The monoisotopic (exact) mass is 177 g/mol. The summed E-state index contributed by atoms with van der Waals surface area (Å²) < 4.78 is 0. The van der Waals surface area contributed by atoms with Crippen LogP contribution >= 0.6 is 0 Å². The topological polar surface area (TPSA) is 40.5 Å². The van der Waals surface area contributed by atoms with Crippen molar-refractivity contribution in [1.82, 2.24) is 4.90 Å². The molecule has 3 heteroatoms. The lowest BCUT2D eigenvalue weighted by atomic mass is 9.95. The normalized spacial score (nSPS) is 21.5. The molecule has 1 aromatic carbocycles. The van der Waals surface area contributed by atoms with Crippen LogP contribution in [0.3, 0.4) is 0 Å². The molecule has 68 valence electrons. The maximum atomic E-state index is 11.0. The van der Waals surface area contributed by atoms with Gasteiger partial charge in [0.1, 0.15) is 6.73 Å². The van der Waals surface area contributed by atoms with Crippen molar-refractivity contribution in [3.8, 4) is 0 Å². The van der Waals surface area contributed by atoms with E-state index in [9.17, 15) is 4.79 Å². The summed E-state index contributed by atoms with van der Waals surface area (Å²) >= 11 is 0. The summed E-state index contributed by atoms with van der Waals surface area (Å²) in [5.41, 5.74) is 1.09. The van der Waals surface area contributed by atoms with Gasteiger partial charge in [0.25, 0.3) is 0 Å². The molecule has 0 aromatic heterocycles. The van der Waals surface area contributed by atoms with Gasteiger partial charge in [0.2, 0.25) is 5.91 Å². The van der Waals surface area contributed by atoms with Gasteiger partial charge >= 0.3 is 0 Å². The van der Waals surface area contributed by atoms with Crippen LogP contribution in [0.25, 0.3) is 0 Å². The second-order valence-corrected chi connectivity index (χ2v) is 3.14. The third-order valence-corrected chi connectivity index (χ3v) is 2.40. The van der Waals surface area contributed by atoms with Crippen molar-refractivity contribution in [2.45, 2.75) is 12.5 Å². The minimum absolute atomic E-state index is 0.0244. The minimum Gasteiger partial charge on any atom is -0.376 e. The number of benzene rings is 1. The molecular weight excluding hydrogens is 166 g/mol. The average Bonchev–Trinajstić information content (AvgIpc) is 2.16. The second kappa shape index (κ2) is 3.18. The first-order valence-corrected chi connectivity index (χ1v) is 4.28. The van der Waals surface area contributed by atoms with Crippen molar-refractivity contribution in [3.05, 3.63) is 35.9 Å². The van der Waals surface area contributed by atoms with Gasteiger partial charge < -0.3 is 10.0 Å². The Labute approximate surface area is 76.6 Å². The highest BCUT2D eigenvalue weighted by atomic mass is 16.3. The Bertz CT molecular complexity index is 310. The molecule has 0 radical (unpaired) electrons. The Morgan fingerprint density at radius 1 is 1.38 bits per heavy atom. The second-order valence-electron chi connectivity index (χ2n) is 3.14. The first-order valence-electron chi connectivity index (χ1n) is 4.28. The molecule has 1 N–H and O–H groups in total. The number of carbonyl (C=O) groups excluding carboxylic acids is 1. The van der Waals surface area contributed by atoms with Crippen LogP contribution in [-0.2, 0) is 4.79 Å². The van der Waals surface area contributed by atoms with Crippen LogP contribution in [0.2, 0.25) is 0 Å². The maximum absolute atomic E-state index is 11.0. The van der Waals surface area contributed by atoms with Crippen molar-refractivity contribution in [2.24, 2.45) is 0 Å². The molecule has 0 spiro atoms. The first-order chi connectivity index (χ1) is 6.33. The van der Waals surface area contributed by atoms with Gasteiger partial charge in [-0.05, 0) is 5.56 Å². The molecule has 1 amide bonds. The van der Waals surface area contributed by atoms with Gasteiger partial charge in [-0.2, -0.15) is 0 Å². The van der Waals surface area contributed by atoms with Crippen molar-refractivity contribution in [3.63, 3.8) is 0 Å². The summed E-state index contributed by atoms with van der Waals surface area (Å²) in [5.74, 6) is 0.0244. The number of aliphatic hydroxyl groups is 1. The lowest BCUT2D eigenvalue weighted by molar-refractivity contribution is -0.152. The van der Waals surface area contributed by atoms with E-state index in [2.05, 4.69) is 0 Å². The van der Waals surface area contributed by atoms with E-state index in [1.54, 1.807) is 0 Å². The molecule has 2 rings (SSSR count). The van der Waals surface area contributed by atoms with Crippen LogP contribution in [0.1, 0.15) is 18.0 Å². The number of rotatable bonds is 2. The van der Waals surface area contributed by atoms with Gasteiger partial charge in [0.05, 0.1) is 12.5 Å². The smallest absolute Gasteiger partial charge is 0.227 e. The predicted octanol–water partition coefficient (Wildman–Crippen LogP) is 0.910. The Hall–Kier alpha value is -1.35. The number of carbonyl (C=O) groups is 1. The van der Waals surface area contributed by atoms with Crippen LogP contribution in [0.15, 0.2) is 30.3 Å². The molecule has 1 saturated heterocycles. The molecule has 1 aliphatic heterocycles. The van der Waals surface area contributed by atoms with Gasteiger partial charge in [-0.25, -0.2) is 0 Å². The van der Waals surface area contributed by atoms with E-state index in [-0.39, 0.29) is 18.7 Å². The van der Waals surface area contributed by atoms with Crippen LogP contribution in [0.5, 0.6) is 0 Å². The molecule has 1 fully saturated rings. The molecule has 1 heterocycles. The molecule has 1 atom stereocenters. The lowest BCUT2D eigenvalue weighted by Gasteiger charge is -2.39. The largest absolute Gasteiger partial charge is 0.376 e. The highest BCUT2D eigenvalue weighted by Crippen LogP contribution is 2.33. The fraction of sp³-hybridized carbons (Fsp3) is 0.300. The maximum Gasteiger partial charge on any atom is 0.227 e. The molecule has 1 aliphatic rings. The number of nitrogens with zero attached hydrogens (tertiary/aromatic N) is 1. The highest BCUT2D eigenvalue weighted by molar-refractivity contribution is 5.83. The van der Waals surface area contributed by atoms with Gasteiger partial charge in [-0.15, -0.1) is 0 Å². The summed E-state index contributed by atoms with van der Waals surface area (Å²) in [6.45, 7) is -0.182. The fourth-order valence-corrected chi connectivity index (χ4v) is 1.60. The molecule has 1 unspecified atom stereocenters. The van der Waals surface area contributed by atoms with Crippen LogP contribution in [0, 0.1) is 0 Å².